The molecule has 58 valence electrons. The van der Waals surface area contributed by atoms with Crippen molar-refractivity contribution in [3.8, 4) is 0 Å². The Morgan fingerprint density at radius 3 is 2.10 bits per heavy atom. The second kappa shape index (κ2) is 2.64. The Bertz CT molecular complexity index is 163. The highest BCUT2D eigenvalue weighted by Crippen LogP contribution is 2.08. The lowest BCUT2D eigenvalue weighted by atomic mass is 10.1. The molecule has 0 spiro atoms. The van der Waals surface area contributed by atoms with Crippen molar-refractivity contribution < 1.29 is 14.5 Å². The highest BCUT2D eigenvalue weighted by atomic mass is 16.6. The van der Waals surface area contributed by atoms with Crippen LogP contribution < -0.4 is 0 Å². The van der Waals surface area contributed by atoms with E-state index in [0.29, 0.717) is 0 Å². The molecule has 10 heavy (non-hydrogen) atoms. The number of nitrogens with zero attached hydrogens (tertiary/aromatic N) is 1. The molecule has 0 aromatic rings. The maximum Gasteiger partial charge on any atom is 0.383 e. The number of nitro groups is 1. The quantitative estimate of drug-likeness (QED) is 0.318. The van der Waals surface area contributed by atoms with E-state index in [4.69, 9.17) is 0 Å². The largest absolute Gasteiger partial charge is 0.464 e. The molecule has 0 aliphatic heterocycles. The van der Waals surface area contributed by atoms with E-state index in [-0.39, 0.29) is 0 Å². The molecule has 0 unspecified atom stereocenters. The summed E-state index contributed by atoms with van der Waals surface area (Å²) in [6, 6.07) is 0. The van der Waals surface area contributed by atoms with Crippen LogP contribution in [0.5, 0.6) is 0 Å². The van der Waals surface area contributed by atoms with Gasteiger partial charge in [0.15, 0.2) is 0 Å². The second-order valence-corrected chi connectivity index (χ2v) is 2.31. The van der Waals surface area contributed by atoms with Gasteiger partial charge >= 0.3 is 11.5 Å². The predicted molar refractivity (Wildman–Crippen MR) is 33.1 cm³/mol. The van der Waals surface area contributed by atoms with Gasteiger partial charge in [-0.2, -0.15) is 0 Å². The predicted octanol–water partition coefficient (Wildman–Crippen LogP) is 0.215. The summed E-state index contributed by atoms with van der Waals surface area (Å²) >= 11 is 0. The van der Waals surface area contributed by atoms with Crippen LogP contribution >= 0.6 is 0 Å². The molecular weight excluding hydrogens is 138 g/mol. The van der Waals surface area contributed by atoms with Gasteiger partial charge in [0, 0.05) is 18.8 Å². The van der Waals surface area contributed by atoms with Crippen molar-refractivity contribution in [2.24, 2.45) is 0 Å². The number of carbonyl (C=O) groups is 1. The summed E-state index contributed by atoms with van der Waals surface area (Å²) in [5.41, 5.74) is -1.63. The van der Waals surface area contributed by atoms with E-state index in [9.17, 15) is 14.9 Å². The fourth-order valence-corrected chi connectivity index (χ4v) is 0.324. The van der Waals surface area contributed by atoms with Crippen LogP contribution in [0, 0.1) is 10.1 Å². The molecule has 5 heteroatoms. The van der Waals surface area contributed by atoms with Crippen LogP contribution in [0.4, 0.5) is 0 Å². The lowest BCUT2D eigenvalue weighted by molar-refractivity contribution is -0.545. The summed E-state index contributed by atoms with van der Waals surface area (Å²) < 4.78 is 4.20. The average molecular weight is 147 g/mol. The molecule has 0 heterocycles. The van der Waals surface area contributed by atoms with Gasteiger partial charge in [-0.1, -0.05) is 0 Å². The molecule has 0 atom stereocenters. The molecule has 0 bridgehead atoms. The van der Waals surface area contributed by atoms with Crippen molar-refractivity contribution in [2.75, 3.05) is 7.11 Å². The maximum absolute atomic E-state index is 10.6. The zero-order chi connectivity index (χ0) is 8.36. The Kier molecular flexibility index (Phi) is 2.34. The molecule has 0 aliphatic rings. The Morgan fingerprint density at radius 1 is 1.60 bits per heavy atom. The van der Waals surface area contributed by atoms with E-state index in [0.717, 1.165) is 7.11 Å². The fraction of sp³-hybridized carbons (Fsp3) is 0.800. The van der Waals surface area contributed by atoms with Gasteiger partial charge in [0.25, 0.3) is 0 Å². The minimum absolute atomic E-state index is 0.682. The Labute approximate surface area is 58.1 Å². The van der Waals surface area contributed by atoms with Crippen molar-refractivity contribution in [3.05, 3.63) is 10.1 Å². The topological polar surface area (TPSA) is 69.4 Å². The monoisotopic (exact) mass is 147 g/mol. The molecule has 0 aromatic carbocycles. The van der Waals surface area contributed by atoms with Gasteiger partial charge in [0.2, 0.25) is 0 Å². The molecular formula is C5H9NO4. The van der Waals surface area contributed by atoms with E-state index in [1.165, 1.54) is 13.8 Å². The van der Waals surface area contributed by atoms with E-state index in [2.05, 4.69) is 4.74 Å². The Hall–Kier alpha value is -1.13. The lowest BCUT2D eigenvalue weighted by Crippen LogP contribution is -2.40. The van der Waals surface area contributed by atoms with Crippen LogP contribution in [0.25, 0.3) is 0 Å². The first kappa shape index (κ1) is 8.87. The number of hydrogen-bond acceptors (Lipinski definition) is 4. The lowest BCUT2D eigenvalue weighted by Gasteiger charge is -2.11. The number of methoxy groups -OCH3 is 1. The molecule has 0 radical (unpaired) electrons. The standard InChI is InChI=1S/C5H9NO4/c1-5(2,6(8)9)4(7)10-3/h1-3H3. The van der Waals surface area contributed by atoms with Crippen LogP contribution in [0.2, 0.25) is 0 Å². The van der Waals surface area contributed by atoms with Gasteiger partial charge in [-0.05, 0) is 0 Å². The summed E-state index contributed by atoms with van der Waals surface area (Å²) in [7, 11) is 1.12. The van der Waals surface area contributed by atoms with Crippen molar-refractivity contribution in [1.29, 1.82) is 0 Å². The van der Waals surface area contributed by atoms with Crippen molar-refractivity contribution in [1.82, 2.24) is 0 Å². The van der Waals surface area contributed by atoms with Crippen molar-refractivity contribution >= 4 is 5.97 Å². The van der Waals surface area contributed by atoms with E-state index in [1.807, 2.05) is 0 Å². The molecule has 0 amide bonds. The van der Waals surface area contributed by atoms with Crippen molar-refractivity contribution in [2.45, 2.75) is 19.4 Å². The third-order valence-electron chi connectivity index (χ3n) is 1.14. The van der Waals surface area contributed by atoms with Crippen LogP contribution in [0.15, 0.2) is 0 Å². The summed E-state index contributed by atoms with van der Waals surface area (Å²) in [5.74, 6) is -0.836. The second-order valence-electron chi connectivity index (χ2n) is 2.31. The Balaban J connectivity index is 4.40. The smallest absolute Gasteiger partial charge is 0.383 e. The maximum atomic E-state index is 10.6. The normalized spacial score (nSPS) is 10.7. The Morgan fingerprint density at radius 2 is 2.00 bits per heavy atom. The SMILES string of the molecule is COC(=O)C(C)(C)[N+](=O)[O-]. The van der Waals surface area contributed by atoms with Crippen molar-refractivity contribution in [3.63, 3.8) is 0 Å². The van der Waals surface area contributed by atoms with Crippen LogP contribution in [0.3, 0.4) is 0 Å². The molecule has 0 aromatic heterocycles. The molecule has 0 saturated carbocycles. The summed E-state index contributed by atoms with van der Waals surface area (Å²) in [6.45, 7) is 2.39. The van der Waals surface area contributed by atoms with E-state index < -0.39 is 16.4 Å². The molecule has 5 nitrogen and oxygen atoms in total. The number of rotatable bonds is 2. The molecule has 0 fully saturated rings. The fourth-order valence-electron chi connectivity index (χ4n) is 0.324. The molecule has 0 N–H and O–H groups in total. The summed E-state index contributed by atoms with van der Waals surface area (Å²) in [4.78, 5) is 20.1. The minimum atomic E-state index is -1.63. The molecule has 0 saturated heterocycles. The number of ether oxygens (including phenoxy) is 1. The summed E-state index contributed by atoms with van der Waals surface area (Å²) in [5, 5.41) is 10.1. The first-order valence-corrected chi connectivity index (χ1v) is 2.66. The zero-order valence-corrected chi connectivity index (χ0v) is 6.08. The first-order valence-electron chi connectivity index (χ1n) is 2.66. The van der Waals surface area contributed by atoms with Gasteiger partial charge in [0.1, 0.15) is 0 Å². The number of esters is 1. The first-order chi connectivity index (χ1) is 4.42. The zero-order valence-electron chi connectivity index (χ0n) is 6.08. The van der Waals surface area contributed by atoms with E-state index >= 15 is 0 Å². The van der Waals surface area contributed by atoms with Gasteiger partial charge in [-0.3, -0.25) is 10.1 Å². The highest BCUT2D eigenvalue weighted by Gasteiger charge is 2.41. The van der Waals surface area contributed by atoms with Gasteiger partial charge in [-0.15, -0.1) is 0 Å². The average Bonchev–Trinajstić information content (AvgIpc) is 1.86. The highest BCUT2D eigenvalue weighted by molar-refractivity contribution is 5.77. The van der Waals surface area contributed by atoms with Crippen LogP contribution in [0.1, 0.15) is 13.8 Å². The third kappa shape index (κ3) is 1.43. The minimum Gasteiger partial charge on any atom is -0.464 e. The summed E-state index contributed by atoms with van der Waals surface area (Å²) in [6.07, 6.45) is 0. The number of hydrogen-bond donors (Lipinski definition) is 0. The van der Waals surface area contributed by atoms with E-state index in [1.54, 1.807) is 0 Å². The third-order valence-corrected chi connectivity index (χ3v) is 1.14. The van der Waals surface area contributed by atoms with Gasteiger partial charge in [0.05, 0.1) is 7.11 Å². The molecule has 0 rings (SSSR count). The van der Waals surface area contributed by atoms with Crippen LogP contribution in [-0.4, -0.2) is 23.5 Å². The number of carbonyl (C=O) groups excluding carboxylic acids is 1. The van der Waals surface area contributed by atoms with Gasteiger partial charge < -0.3 is 4.74 Å². The van der Waals surface area contributed by atoms with Crippen LogP contribution in [-0.2, 0) is 9.53 Å². The molecule has 0 aliphatic carbocycles. The van der Waals surface area contributed by atoms with Gasteiger partial charge in [-0.25, -0.2) is 4.79 Å².